The normalized spacial score (nSPS) is 12.0. The number of halogens is 3. The van der Waals surface area contributed by atoms with Crippen LogP contribution < -0.4 is 11.1 Å². The summed E-state index contributed by atoms with van der Waals surface area (Å²) in [5, 5.41) is 2.84. The van der Waals surface area contributed by atoms with Gasteiger partial charge in [-0.15, -0.1) is 0 Å². The Bertz CT molecular complexity index is 399. The van der Waals surface area contributed by atoms with Gasteiger partial charge in [0.15, 0.2) is 0 Å². The zero-order valence-corrected chi connectivity index (χ0v) is 9.38. The van der Waals surface area contributed by atoms with Crippen LogP contribution in [0.4, 0.5) is 24.5 Å². The Labute approximate surface area is 97.5 Å². The van der Waals surface area contributed by atoms with Crippen molar-refractivity contribution in [3.63, 3.8) is 0 Å². The van der Waals surface area contributed by atoms with E-state index in [2.05, 4.69) is 10.3 Å². The minimum atomic E-state index is -4.45. The maximum atomic E-state index is 12.4. The zero-order chi connectivity index (χ0) is 12.9. The van der Waals surface area contributed by atoms with Gasteiger partial charge in [-0.05, 0) is 19.4 Å². The number of nitrogens with two attached hydrogens (primary N) is 1. The number of allylic oxidation sites excluding steroid dienone is 1. The molecule has 0 bridgehead atoms. The lowest BCUT2D eigenvalue weighted by atomic mass is 10.2. The van der Waals surface area contributed by atoms with Gasteiger partial charge in [0.1, 0.15) is 5.69 Å². The molecule has 0 aliphatic carbocycles. The third-order valence-electron chi connectivity index (χ3n) is 2.09. The highest BCUT2D eigenvalue weighted by Crippen LogP contribution is 2.30. The second-order valence-corrected chi connectivity index (χ2v) is 3.44. The van der Waals surface area contributed by atoms with E-state index in [1.807, 2.05) is 19.1 Å². The molecule has 0 radical (unpaired) electrons. The predicted molar refractivity (Wildman–Crippen MR) is 61.6 cm³/mol. The topological polar surface area (TPSA) is 50.9 Å². The quantitative estimate of drug-likeness (QED) is 0.633. The molecule has 1 heterocycles. The molecule has 1 aromatic rings. The van der Waals surface area contributed by atoms with Gasteiger partial charge in [-0.2, -0.15) is 13.2 Å². The molecule has 0 unspecified atom stereocenters. The van der Waals surface area contributed by atoms with Gasteiger partial charge in [0.2, 0.25) is 0 Å². The molecule has 0 atom stereocenters. The van der Waals surface area contributed by atoms with Gasteiger partial charge in [-0.3, -0.25) is 0 Å². The summed E-state index contributed by atoms with van der Waals surface area (Å²) in [6.45, 7) is 2.40. The van der Waals surface area contributed by atoms with E-state index >= 15 is 0 Å². The lowest BCUT2D eigenvalue weighted by Gasteiger charge is -2.11. The highest BCUT2D eigenvalue weighted by atomic mass is 19.4. The number of pyridine rings is 1. The summed E-state index contributed by atoms with van der Waals surface area (Å²) >= 11 is 0. The third kappa shape index (κ3) is 3.97. The fraction of sp³-hybridized carbons (Fsp3) is 0.364. The number of nitrogens with one attached hydrogen (secondary N) is 1. The van der Waals surface area contributed by atoms with Crippen LogP contribution in [0.5, 0.6) is 0 Å². The number of alkyl halides is 3. The summed E-state index contributed by atoms with van der Waals surface area (Å²) in [4.78, 5) is 3.25. The summed E-state index contributed by atoms with van der Waals surface area (Å²) in [5.41, 5.74) is 5.06. The SMILES string of the molecule is C/C=C/CCNc1cc(C(F)(F)F)ncc1N. The molecule has 94 valence electrons. The van der Waals surface area contributed by atoms with Gasteiger partial charge < -0.3 is 11.1 Å². The van der Waals surface area contributed by atoms with Crippen molar-refractivity contribution in [2.75, 3.05) is 17.6 Å². The van der Waals surface area contributed by atoms with Crippen molar-refractivity contribution in [2.45, 2.75) is 19.5 Å². The van der Waals surface area contributed by atoms with E-state index in [-0.39, 0.29) is 11.4 Å². The maximum absolute atomic E-state index is 12.4. The van der Waals surface area contributed by atoms with Gasteiger partial charge in [0.05, 0.1) is 17.6 Å². The molecule has 0 saturated heterocycles. The van der Waals surface area contributed by atoms with Crippen molar-refractivity contribution in [1.29, 1.82) is 0 Å². The number of anilines is 2. The number of nitrogens with zero attached hydrogens (tertiary/aromatic N) is 1. The molecular weight excluding hydrogens is 231 g/mol. The Morgan fingerprint density at radius 1 is 1.47 bits per heavy atom. The summed E-state index contributed by atoms with van der Waals surface area (Å²) in [6.07, 6.45) is 1.07. The van der Waals surface area contributed by atoms with Gasteiger partial charge in [-0.25, -0.2) is 4.98 Å². The molecular formula is C11H14F3N3. The van der Waals surface area contributed by atoms with Gasteiger partial charge >= 0.3 is 6.18 Å². The van der Waals surface area contributed by atoms with E-state index in [4.69, 9.17) is 5.73 Å². The molecule has 0 fully saturated rings. The summed E-state index contributed by atoms with van der Waals surface area (Å²) < 4.78 is 37.2. The highest BCUT2D eigenvalue weighted by Gasteiger charge is 2.32. The van der Waals surface area contributed by atoms with Crippen LogP contribution in [-0.4, -0.2) is 11.5 Å². The van der Waals surface area contributed by atoms with Crippen molar-refractivity contribution in [1.82, 2.24) is 4.98 Å². The van der Waals surface area contributed by atoms with E-state index in [1.165, 1.54) is 0 Å². The van der Waals surface area contributed by atoms with Crippen LogP contribution in [0.1, 0.15) is 19.0 Å². The standard InChI is InChI=1S/C11H14F3N3/c1-2-3-4-5-16-9-6-10(11(12,13)14)17-7-8(9)15/h2-3,6-7H,4-5,15H2,1H3,(H,16,17)/b3-2+. The zero-order valence-electron chi connectivity index (χ0n) is 9.38. The molecule has 0 aromatic carbocycles. The smallest absolute Gasteiger partial charge is 0.396 e. The van der Waals surface area contributed by atoms with E-state index < -0.39 is 11.9 Å². The summed E-state index contributed by atoms with van der Waals surface area (Å²) in [7, 11) is 0. The Morgan fingerprint density at radius 3 is 2.76 bits per heavy atom. The molecule has 1 rings (SSSR count). The first kappa shape index (κ1) is 13.3. The fourth-order valence-corrected chi connectivity index (χ4v) is 1.23. The van der Waals surface area contributed by atoms with E-state index in [0.717, 1.165) is 18.7 Å². The Balaban J connectivity index is 2.77. The molecule has 0 saturated carbocycles. The van der Waals surface area contributed by atoms with Crippen molar-refractivity contribution in [3.05, 3.63) is 30.1 Å². The first-order valence-corrected chi connectivity index (χ1v) is 5.13. The van der Waals surface area contributed by atoms with E-state index in [9.17, 15) is 13.2 Å². The van der Waals surface area contributed by atoms with Crippen molar-refractivity contribution >= 4 is 11.4 Å². The monoisotopic (exact) mass is 245 g/mol. The second-order valence-electron chi connectivity index (χ2n) is 3.44. The Kier molecular flexibility index (Phi) is 4.37. The summed E-state index contributed by atoms with van der Waals surface area (Å²) in [5.74, 6) is 0. The average molecular weight is 245 g/mol. The van der Waals surface area contributed by atoms with Crippen LogP contribution in [0.3, 0.4) is 0 Å². The molecule has 3 nitrogen and oxygen atoms in total. The average Bonchev–Trinajstić information content (AvgIpc) is 2.25. The number of hydrogen-bond acceptors (Lipinski definition) is 3. The van der Waals surface area contributed by atoms with E-state index in [0.29, 0.717) is 6.54 Å². The van der Waals surface area contributed by atoms with Crippen molar-refractivity contribution in [2.24, 2.45) is 0 Å². The minimum absolute atomic E-state index is 0.207. The molecule has 3 N–H and O–H groups in total. The maximum Gasteiger partial charge on any atom is 0.433 e. The number of aromatic nitrogens is 1. The Hall–Kier alpha value is -1.72. The van der Waals surface area contributed by atoms with Crippen molar-refractivity contribution < 1.29 is 13.2 Å². The van der Waals surface area contributed by atoms with Crippen LogP contribution in [0.15, 0.2) is 24.4 Å². The predicted octanol–water partition coefficient (Wildman–Crippen LogP) is 3.06. The minimum Gasteiger partial charge on any atom is -0.396 e. The number of nitrogen functional groups attached to an aromatic ring is 1. The van der Waals surface area contributed by atoms with Gasteiger partial charge in [-0.1, -0.05) is 12.2 Å². The first-order valence-electron chi connectivity index (χ1n) is 5.13. The fourth-order valence-electron chi connectivity index (χ4n) is 1.23. The summed E-state index contributed by atoms with van der Waals surface area (Å²) in [6, 6.07) is 0.922. The lowest BCUT2D eigenvalue weighted by molar-refractivity contribution is -0.141. The van der Waals surface area contributed by atoms with Gasteiger partial charge in [0, 0.05) is 6.54 Å². The third-order valence-corrected chi connectivity index (χ3v) is 2.09. The van der Waals surface area contributed by atoms with Crippen molar-refractivity contribution in [3.8, 4) is 0 Å². The van der Waals surface area contributed by atoms with Crippen LogP contribution in [0.25, 0.3) is 0 Å². The number of rotatable bonds is 4. The molecule has 1 aromatic heterocycles. The van der Waals surface area contributed by atoms with Gasteiger partial charge in [0.25, 0.3) is 0 Å². The van der Waals surface area contributed by atoms with Crippen LogP contribution in [0.2, 0.25) is 0 Å². The molecule has 6 heteroatoms. The van der Waals surface area contributed by atoms with E-state index in [1.54, 1.807) is 0 Å². The Morgan fingerprint density at radius 2 is 2.18 bits per heavy atom. The second kappa shape index (κ2) is 5.56. The van der Waals surface area contributed by atoms with Crippen LogP contribution >= 0.6 is 0 Å². The molecule has 0 amide bonds. The molecule has 17 heavy (non-hydrogen) atoms. The largest absolute Gasteiger partial charge is 0.433 e. The first-order chi connectivity index (χ1) is 7.95. The number of hydrogen-bond donors (Lipinski definition) is 2. The highest BCUT2D eigenvalue weighted by molar-refractivity contribution is 5.65. The molecule has 0 aliphatic rings. The molecule has 0 aliphatic heterocycles. The lowest BCUT2D eigenvalue weighted by Crippen LogP contribution is -2.11. The van der Waals surface area contributed by atoms with Crippen LogP contribution in [0, 0.1) is 0 Å². The van der Waals surface area contributed by atoms with Crippen LogP contribution in [-0.2, 0) is 6.18 Å². The molecule has 0 spiro atoms.